The fourth-order valence-electron chi connectivity index (χ4n) is 4.59. The van der Waals surface area contributed by atoms with E-state index in [9.17, 15) is 10.1 Å². The Balaban J connectivity index is 1.45. The highest BCUT2D eigenvalue weighted by molar-refractivity contribution is 7.99. The predicted molar refractivity (Wildman–Crippen MR) is 161 cm³/mol. The van der Waals surface area contributed by atoms with Gasteiger partial charge in [-0.1, -0.05) is 78.9 Å². The minimum atomic E-state index is -0.101. The maximum absolute atomic E-state index is 12.9. The van der Waals surface area contributed by atoms with Gasteiger partial charge in [-0.15, -0.1) is 11.8 Å². The summed E-state index contributed by atoms with van der Waals surface area (Å²) in [6.07, 6.45) is 0.258. The van der Waals surface area contributed by atoms with Crippen molar-refractivity contribution in [2.24, 2.45) is 0 Å². The fourth-order valence-corrected chi connectivity index (χ4v) is 5.53. The van der Waals surface area contributed by atoms with Crippen molar-refractivity contribution in [3.8, 4) is 40.0 Å². The van der Waals surface area contributed by atoms with Gasteiger partial charge in [0.25, 0.3) is 0 Å². The molecular formula is C33H27N3O3S. The Morgan fingerprint density at radius 1 is 0.900 bits per heavy atom. The summed E-state index contributed by atoms with van der Waals surface area (Å²) in [5.41, 5.74) is 4.27. The largest absolute Gasteiger partial charge is 0.493 e. The summed E-state index contributed by atoms with van der Waals surface area (Å²) >= 11 is 1.39. The van der Waals surface area contributed by atoms with Crippen LogP contribution in [0.2, 0.25) is 0 Å². The Labute approximate surface area is 237 Å². The number of nitrogens with one attached hydrogen (secondary N) is 1. The van der Waals surface area contributed by atoms with Gasteiger partial charge in [-0.2, -0.15) is 5.26 Å². The predicted octanol–water partition coefficient (Wildman–Crippen LogP) is 7.58. The van der Waals surface area contributed by atoms with Gasteiger partial charge in [0, 0.05) is 39.9 Å². The second kappa shape index (κ2) is 12.4. The van der Waals surface area contributed by atoms with Crippen LogP contribution in [0.5, 0.6) is 11.5 Å². The molecule has 0 atom stereocenters. The lowest BCUT2D eigenvalue weighted by atomic mass is 9.98. The number of carbonyl (C=O) groups is 1. The molecule has 1 amide bonds. The number of amides is 1. The number of nitriles is 1. The van der Waals surface area contributed by atoms with Crippen LogP contribution in [-0.2, 0) is 4.79 Å². The van der Waals surface area contributed by atoms with Crippen LogP contribution in [0.3, 0.4) is 0 Å². The minimum Gasteiger partial charge on any atom is -0.493 e. The van der Waals surface area contributed by atoms with E-state index in [4.69, 9.17) is 14.5 Å². The lowest BCUT2D eigenvalue weighted by Crippen LogP contribution is -2.12. The first kappa shape index (κ1) is 26.8. The van der Waals surface area contributed by atoms with E-state index in [0.717, 1.165) is 33.3 Å². The molecule has 0 aliphatic carbocycles. The Morgan fingerprint density at radius 2 is 1.65 bits per heavy atom. The number of hydrogen-bond donors (Lipinski definition) is 1. The maximum atomic E-state index is 12.9. The topological polar surface area (TPSA) is 84.2 Å². The smallest absolute Gasteiger partial charge is 0.225 e. The van der Waals surface area contributed by atoms with Crippen LogP contribution in [0.4, 0.5) is 5.69 Å². The van der Waals surface area contributed by atoms with Crippen molar-refractivity contribution >= 4 is 34.1 Å². The molecule has 0 saturated heterocycles. The third kappa shape index (κ3) is 5.63. The summed E-state index contributed by atoms with van der Waals surface area (Å²) < 4.78 is 11.2. The number of carbonyl (C=O) groups excluding carboxylic acids is 1. The third-order valence-electron chi connectivity index (χ3n) is 6.49. The zero-order valence-corrected chi connectivity index (χ0v) is 23.0. The van der Waals surface area contributed by atoms with Crippen molar-refractivity contribution in [3.05, 3.63) is 103 Å². The number of benzene rings is 4. The normalized spacial score (nSPS) is 10.6. The summed E-state index contributed by atoms with van der Waals surface area (Å²) in [5.74, 6) is 1.46. The van der Waals surface area contributed by atoms with Crippen LogP contribution in [0.1, 0.15) is 12.0 Å². The number of rotatable bonds is 9. The van der Waals surface area contributed by atoms with E-state index in [1.807, 2.05) is 97.1 Å². The molecule has 0 saturated carbocycles. The molecular weight excluding hydrogens is 518 g/mol. The molecule has 0 spiro atoms. The SMILES string of the molecule is COc1cccc(-c2cc(-c3ccccc3)nc(SCCC(=O)Nc3cccc4ccccc34)c2C#N)c1OC. The molecule has 7 heteroatoms. The van der Waals surface area contributed by atoms with Gasteiger partial charge >= 0.3 is 0 Å². The molecule has 1 aromatic heterocycles. The van der Waals surface area contributed by atoms with E-state index in [1.54, 1.807) is 14.2 Å². The van der Waals surface area contributed by atoms with E-state index in [2.05, 4.69) is 11.4 Å². The number of thioether (sulfide) groups is 1. The molecule has 1 heterocycles. The van der Waals surface area contributed by atoms with Gasteiger partial charge in [-0.05, 0) is 23.6 Å². The first-order valence-electron chi connectivity index (χ1n) is 12.7. The molecule has 5 rings (SSSR count). The second-order valence-electron chi connectivity index (χ2n) is 8.93. The molecule has 4 aromatic carbocycles. The van der Waals surface area contributed by atoms with Crippen LogP contribution in [0.15, 0.2) is 102 Å². The lowest BCUT2D eigenvalue weighted by Gasteiger charge is -2.16. The Bertz CT molecular complexity index is 1710. The van der Waals surface area contributed by atoms with Gasteiger partial charge in [-0.25, -0.2) is 4.98 Å². The van der Waals surface area contributed by atoms with E-state index in [1.165, 1.54) is 11.8 Å². The van der Waals surface area contributed by atoms with Crippen molar-refractivity contribution in [1.82, 2.24) is 4.98 Å². The summed E-state index contributed by atoms with van der Waals surface area (Å²) in [6, 6.07) is 33.4. The van der Waals surface area contributed by atoms with E-state index in [-0.39, 0.29) is 12.3 Å². The van der Waals surface area contributed by atoms with Crippen molar-refractivity contribution in [1.29, 1.82) is 5.26 Å². The molecule has 1 N–H and O–H groups in total. The van der Waals surface area contributed by atoms with Gasteiger partial charge in [0.2, 0.25) is 5.91 Å². The molecule has 40 heavy (non-hydrogen) atoms. The summed E-state index contributed by atoms with van der Waals surface area (Å²) in [7, 11) is 3.16. The summed E-state index contributed by atoms with van der Waals surface area (Å²) in [5, 5.41) is 15.9. The Kier molecular flexibility index (Phi) is 8.29. The monoisotopic (exact) mass is 545 g/mol. The molecule has 0 unspecified atom stereocenters. The quantitative estimate of drug-likeness (QED) is 0.192. The van der Waals surface area contributed by atoms with Crippen LogP contribution in [-0.4, -0.2) is 30.9 Å². The summed E-state index contributed by atoms with van der Waals surface area (Å²) in [6.45, 7) is 0. The highest BCUT2D eigenvalue weighted by atomic mass is 32.2. The van der Waals surface area contributed by atoms with Gasteiger partial charge in [0.1, 0.15) is 11.1 Å². The minimum absolute atomic E-state index is 0.101. The molecule has 0 bridgehead atoms. The first-order chi connectivity index (χ1) is 19.6. The first-order valence-corrected chi connectivity index (χ1v) is 13.7. The van der Waals surface area contributed by atoms with Gasteiger partial charge in [0.05, 0.1) is 25.5 Å². The number of aromatic nitrogens is 1. The number of anilines is 1. The number of methoxy groups -OCH3 is 2. The molecule has 0 aliphatic rings. The fraction of sp³-hybridized carbons (Fsp3) is 0.121. The van der Waals surface area contributed by atoms with Gasteiger partial charge in [-0.3, -0.25) is 4.79 Å². The van der Waals surface area contributed by atoms with Crippen molar-refractivity contribution in [2.75, 3.05) is 25.3 Å². The molecule has 0 fully saturated rings. The van der Waals surface area contributed by atoms with Gasteiger partial charge in [0.15, 0.2) is 11.5 Å². The number of nitrogens with zero attached hydrogens (tertiary/aromatic N) is 2. The standard InChI is InChI=1S/C33H27N3O3S/c1-38-30-17-9-15-25(32(30)39-2)26-20-29(23-11-4-3-5-12-23)36-33(27(26)21-34)40-19-18-31(37)35-28-16-8-13-22-10-6-7-14-24(22)28/h3-17,20H,18-19H2,1-2H3,(H,35,37). The Morgan fingerprint density at radius 3 is 2.42 bits per heavy atom. The van der Waals surface area contributed by atoms with Crippen LogP contribution < -0.4 is 14.8 Å². The molecule has 6 nitrogen and oxygen atoms in total. The average Bonchev–Trinajstić information content (AvgIpc) is 3.00. The third-order valence-corrected chi connectivity index (χ3v) is 7.47. The molecule has 5 aromatic rings. The highest BCUT2D eigenvalue weighted by Gasteiger charge is 2.20. The second-order valence-corrected chi connectivity index (χ2v) is 10.0. The average molecular weight is 546 g/mol. The summed E-state index contributed by atoms with van der Waals surface area (Å²) in [4.78, 5) is 17.7. The molecule has 0 radical (unpaired) electrons. The molecule has 0 aliphatic heterocycles. The van der Waals surface area contributed by atoms with Crippen molar-refractivity contribution < 1.29 is 14.3 Å². The number of ether oxygens (including phenoxy) is 2. The van der Waals surface area contributed by atoms with E-state index in [0.29, 0.717) is 33.4 Å². The van der Waals surface area contributed by atoms with Gasteiger partial charge < -0.3 is 14.8 Å². The van der Waals surface area contributed by atoms with Crippen LogP contribution in [0.25, 0.3) is 33.2 Å². The number of para-hydroxylation sites is 1. The Hall–Kier alpha value is -4.80. The number of pyridine rings is 1. The van der Waals surface area contributed by atoms with E-state index >= 15 is 0 Å². The van der Waals surface area contributed by atoms with Crippen LogP contribution >= 0.6 is 11.8 Å². The number of hydrogen-bond acceptors (Lipinski definition) is 6. The zero-order chi connectivity index (χ0) is 27.9. The van der Waals surface area contributed by atoms with Crippen LogP contribution in [0, 0.1) is 11.3 Å². The molecule has 198 valence electrons. The number of fused-ring (bicyclic) bond motifs is 1. The van der Waals surface area contributed by atoms with E-state index < -0.39 is 0 Å². The maximum Gasteiger partial charge on any atom is 0.225 e. The van der Waals surface area contributed by atoms with Crippen molar-refractivity contribution in [3.63, 3.8) is 0 Å². The zero-order valence-electron chi connectivity index (χ0n) is 22.2. The highest BCUT2D eigenvalue weighted by Crippen LogP contribution is 2.42. The van der Waals surface area contributed by atoms with Crippen molar-refractivity contribution in [2.45, 2.75) is 11.4 Å². The lowest BCUT2D eigenvalue weighted by molar-refractivity contribution is -0.115.